The normalized spacial score (nSPS) is 22.4. The van der Waals surface area contributed by atoms with E-state index >= 15 is 0 Å². The number of aromatic amines is 1. The van der Waals surface area contributed by atoms with Gasteiger partial charge < -0.3 is 10.4 Å². The molecule has 3 atom stereocenters. The number of allylic oxidation sites excluding steroid dienone is 4. The highest BCUT2D eigenvalue weighted by Crippen LogP contribution is 2.33. The van der Waals surface area contributed by atoms with Crippen molar-refractivity contribution in [2.24, 2.45) is 11.8 Å². The fraction of sp³-hybridized carbons (Fsp3) is 0.227. The van der Waals surface area contributed by atoms with Crippen molar-refractivity contribution >= 4 is 17.4 Å². The van der Waals surface area contributed by atoms with Gasteiger partial charge in [0, 0.05) is 11.5 Å². The minimum Gasteiger partial charge on any atom is -0.509 e. The van der Waals surface area contributed by atoms with E-state index in [1.807, 2.05) is 12.1 Å². The molecule has 8 nitrogen and oxygen atoms in total. The highest BCUT2D eigenvalue weighted by molar-refractivity contribution is 5.87. The minimum atomic E-state index is -1.69. The van der Waals surface area contributed by atoms with Gasteiger partial charge in [-0.2, -0.15) is 15.8 Å². The molecular formula is C22H21F2N6O2+. The van der Waals surface area contributed by atoms with E-state index in [1.54, 1.807) is 25.1 Å². The number of aromatic nitrogens is 2. The SMILES string of the molecule is CC1C=CC(F)=C(NC(=O)C2Cc3ccccc3C(N[NH2+]c3[nH]ncc3C#N)=C2O)C1F. The lowest BCUT2D eigenvalue weighted by Gasteiger charge is -2.28. The van der Waals surface area contributed by atoms with E-state index < -0.39 is 35.4 Å². The molecule has 2 aliphatic rings. The first-order valence-corrected chi connectivity index (χ1v) is 9.98. The molecule has 1 heterocycles. The average Bonchev–Trinajstić information content (AvgIpc) is 3.25. The number of nitriles is 1. The molecule has 0 aliphatic heterocycles. The number of carbonyl (C=O) groups excluding carboxylic acids is 1. The first-order valence-electron chi connectivity index (χ1n) is 9.98. The maximum absolute atomic E-state index is 14.5. The Morgan fingerprint density at radius 2 is 2.19 bits per heavy atom. The number of amides is 1. The monoisotopic (exact) mass is 439 g/mol. The zero-order valence-corrected chi connectivity index (χ0v) is 17.1. The van der Waals surface area contributed by atoms with Crippen molar-refractivity contribution < 1.29 is 24.1 Å². The predicted molar refractivity (Wildman–Crippen MR) is 111 cm³/mol. The van der Waals surface area contributed by atoms with E-state index in [0.717, 1.165) is 11.6 Å². The van der Waals surface area contributed by atoms with E-state index in [1.165, 1.54) is 17.7 Å². The number of hydrogen-bond donors (Lipinski definition) is 5. The summed E-state index contributed by atoms with van der Waals surface area (Å²) >= 11 is 0. The number of benzene rings is 1. The third-order valence-corrected chi connectivity index (χ3v) is 5.56. The molecule has 0 spiro atoms. The van der Waals surface area contributed by atoms with Gasteiger partial charge in [-0.05, 0) is 18.1 Å². The van der Waals surface area contributed by atoms with Crippen molar-refractivity contribution in [3.8, 4) is 6.07 Å². The van der Waals surface area contributed by atoms with Gasteiger partial charge in [-0.3, -0.25) is 4.79 Å². The van der Waals surface area contributed by atoms with Crippen LogP contribution in [0.3, 0.4) is 0 Å². The largest absolute Gasteiger partial charge is 0.509 e. The van der Waals surface area contributed by atoms with Crippen molar-refractivity contribution in [2.45, 2.75) is 19.5 Å². The lowest BCUT2D eigenvalue weighted by molar-refractivity contribution is -0.623. The van der Waals surface area contributed by atoms with Gasteiger partial charge in [0.15, 0.2) is 5.56 Å². The van der Waals surface area contributed by atoms with Crippen LogP contribution in [0.5, 0.6) is 0 Å². The van der Waals surface area contributed by atoms with Gasteiger partial charge in [0.2, 0.25) is 5.91 Å². The van der Waals surface area contributed by atoms with E-state index in [2.05, 4.69) is 20.9 Å². The summed E-state index contributed by atoms with van der Waals surface area (Å²) in [4.78, 5) is 13.0. The Balaban J connectivity index is 1.63. The summed E-state index contributed by atoms with van der Waals surface area (Å²) in [6, 6.07) is 9.16. The second-order valence-electron chi connectivity index (χ2n) is 7.64. The molecule has 0 radical (unpaired) electrons. The molecule has 3 unspecified atom stereocenters. The first-order chi connectivity index (χ1) is 15.4. The molecule has 10 heteroatoms. The Kier molecular flexibility index (Phi) is 5.75. The molecule has 1 aromatic carbocycles. The van der Waals surface area contributed by atoms with Crippen LogP contribution < -0.4 is 16.2 Å². The third kappa shape index (κ3) is 3.86. The molecule has 164 valence electrons. The molecule has 0 bridgehead atoms. The van der Waals surface area contributed by atoms with Gasteiger partial charge in [-0.15, -0.1) is 0 Å². The smallest absolute Gasteiger partial charge is 0.262 e. The standard InChI is InChI=1S/C22H20F2N6O2/c1-11-6-7-16(23)19(17(11)24)27-22(32)15-8-12-4-2-3-5-14(12)18(20(15)31)28-30-21-13(9-25)10-26-29-21/h2-7,10-11,15,17,28,31H,8H2,1H3,(H,27,32)(H2,26,29,30)/p+1. The molecule has 2 aromatic rings. The number of nitrogens with two attached hydrogens (primary N) is 1. The summed E-state index contributed by atoms with van der Waals surface area (Å²) in [6.07, 6.45) is 2.35. The maximum atomic E-state index is 14.5. The Morgan fingerprint density at radius 3 is 2.97 bits per heavy atom. The number of nitrogens with zero attached hydrogens (tertiary/aromatic N) is 2. The van der Waals surface area contributed by atoms with Crippen LogP contribution in [-0.4, -0.2) is 27.4 Å². The number of quaternary nitrogens is 1. The van der Waals surface area contributed by atoms with Crippen molar-refractivity contribution in [1.29, 1.82) is 5.26 Å². The summed E-state index contributed by atoms with van der Waals surface area (Å²) in [5.41, 5.74) is 5.97. The van der Waals surface area contributed by atoms with E-state index in [4.69, 9.17) is 5.26 Å². The second-order valence-corrected chi connectivity index (χ2v) is 7.64. The van der Waals surface area contributed by atoms with Crippen LogP contribution in [0, 0.1) is 23.2 Å². The van der Waals surface area contributed by atoms with Gasteiger partial charge in [0.05, 0.1) is 11.9 Å². The van der Waals surface area contributed by atoms with Gasteiger partial charge in [-0.25, -0.2) is 19.3 Å². The summed E-state index contributed by atoms with van der Waals surface area (Å²) < 4.78 is 28.7. The van der Waals surface area contributed by atoms with Crippen molar-refractivity contribution in [3.05, 3.63) is 76.6 Å². The van der Waals surface area contributed by atoms with Crippen molar-refractivity contribution in [1.82, 2.24) is 20.9 Å². The van der Waals surface area contributed by atoms with Gasteiger partial charge in [-0.1, -0.05) is 37.3 Å². The molecule has 0 fully saturated rings. The highest BCUT2D eigenvalue weighted by atomic mass is 19.1. The maximum Gasteiger partial charge on any atom is 0.262 e. The molecule has 2 aliphatic carbocycles. The molecule has 6 N–H and O–H groups in total. The minimum absolute atomic E-state index is 0.157. The molecule has 0 saturated heterocycles. The zero-order chi connectivity index (χ0) is 22.8. The quantitative estimate of drug-likeness (QED) is 0.359. The molecule has 1 amide bonds. The molecule has 4 rings (SSSR count). The average molecular weight is 439 g/mol. The summed E-state index contributed by atoms with van der Waals surface area (Å²) in [5.74, 6) is -3.09. The van der Waals surface area contributed by atoms with Crippen LogP contribution in [-0.2, 0) is 11.2 Å². The van der Waals surface area contributed by atoms with Crippen LogP contribution in [0.4, 0.5) is 14.6 Å². The van der Waals surface area contributed by atoms with Gasteiger partial charge in [0.1, 0.15) is 35.4 Å². The summed E-state index contributed by atoms with van der Waals surface area (Å²) in [7, 11) is 0. The third-order valence-electron chi connectivity index (χ3n) is 5.56. The Morgan fingerprint density at radius 1 is 1.41 bits per heavy atom. The fourth-order valence-electron chi connectivity index (χ4n) is 3.75. The lowest BCUT2D eigenvalue weighted by Crippen LogP contribution is -2.88. The molecule has 1 aromatic heterocycles. The first kappa shape index (κ1) is 21.3. The Bertz CT molecular complexity index is 1190. The molecule has 0 saturated carbocycles. The van der Waals surface area contributed by atoms with Crippen molar-refractivity contribution in [2.75, 3.05) is 0 Å². The number of carbonyl (C=O) groups is 1. The van der Waals surface area contributed by atoms with E-state index in [-0.39, 0.29) is 17.9 Å². The lowest BCUT2D eigenvalue weighted by atomic mass is 9.85. The second kappa shape index (κ2) is 8.64. The fourth-order valence-corrected chi connectivity index (χ4v) is 3.75. The van der Waals surface area contributed by atoms with E-state index in [0.29, 0.717) is 16.9 Å². The van der Waals surface area contributed by atoms with Crippen LogP contribution in [0.25, 0.3) is 5.70 Å². The van der Waals surface area contributed by atoms with Crippen LogP contribution >= 0.6 is 0 Å². The number of aliphatic hydroxyl groups excluding tert-OH is 1. The number of hydrogen-bond acceptors (Lipinski definition) is 5. The summed E-state index contributed by atoms with van der Waals surface area (Å²) in [5, 5.41) is 28.9. The van der Waals surface area contributed by atoms with E-state index in [9.17, 15) is 18.7 Å². The predicted octanol–water partition coefficient (Wildman–Crippen LogP) is 1.92. The number of aliphatic hydroxyl groups is 1. The van der Waals surface area contributed by atoms with Crippen LogP contribution in [0.1, 0.15) is 23.6 Å². The highest BCUT2D eigenvalue weighted by Gasteiger charge is 2.36. The number of rotatable bonds is 5. The van der Waals surface area contributed by atoms with Crippen LogP contribution in [0.2, 0.25) is 0 Å². The van der Waals surface area contributed by atoms with Gasteiger partial charge >= 0.3 is 0 Å². The number of nitrogens with one attached hydrogen (secondary N) is 3. The molecule has 32 heavy (non-hydrogen) atoms. The molecular weight excluding hydrogens is 418 g/mol. The van der Waals surface area contributed by atoms with Crippen molar-refractivity contribution in [3.63, 3.8) is 0 Å². The number of alkyl halides is 1. The van der Waals surface area contributed by atoms with Gasteiger partial charge in [0.25, 0.3) is 5.82 Å². The topological polar surface area (TPSA) is 130 Å². The zero-order valence-electron chi connectivity index (χ0n) is 17.1. The Labute approximate surface area is 182 Å². The Hall–Kier alpha value is -3.97. The van der Waals surface area contributed by atoms with Crippen LogP contribution in [0.15, 0.2) is 59.9 Å². The summed E-state index contributed by atoms with van der Waals surface area (Å²) in [6.45, 7) is 1.58. The number of halogens is 2. The number of H-pyrrole nitrogens is 1. The number of fused-ring (bicyclic) bond motifs is 1.